The molecular weight excluding hydrogens is 578 g/mol. The largest absolute Gasteiger partial charge is 0.486 e. The zero-order valence-electron chi connectivity index (χ0n) is 23.8. The summed E-state index contributed by atoms with van der Waals surface area (Å²) in [5.41, 5.74) is 2.37. The van der Waals surface area contributed by atoms with Crippen LogP contribution in [0.1, 0.15) is 38.2 Å². The Morgan fingerprint density at radius 2 is 1.83 bits per heavy atom. The van der Waals surface area contributed by atoms with Crippen LogP contribution >= 0.6 is 11.6 Å². The summed E-state index contributed by atoms with van der Waals surface area (Å²) in [5.74, 6) is 0.126. The van der Waals surface area contributed by atoms with Crippen molar-refractivity contribution in [2.45, 2.75) is 38.4 Å². The number of rotatable bonds is 13. The van der Waals surface area contributed by atoms with E-state index < -0.39 is 10.0 Å². The maximum atomic E-state index is 13.6. The van der Waals surface area contributed by atoms with Gasteiger partial charge in [0.05, 0.1) is 24.2 Å². The first kappa shape index (κ1) is 30.3. The van der Waals surface area contributed by atoms with Crippen molar-refractivity contribution in [1.82, 2.24) is 14.1 Å². The first-order valence-corrected chi connectivity index (χ1v) is 16.3. The topological polar surface area (TPSA) is 117 Å². The Morgan fingerprint density at radius 1 is 1.07 bits per heavy atom. The van der Waals surface area contributed by atoms with Crippen molar-refractivity contribution in [3.8, 4) is 11.4 Å². The molecule has 0 spiro atoms. The SMILES string of the molecule is CC1(COc2c(N3CCN(S(=O)(=O)Cc4cccc(NCCCCO)c4)CC3)cnn(-c3cccc(Cl)c3)c2=O)CC1. The average molecular weight is 616 g/mol. The molecule has 1 aliphatic heterocycles. The fourth-order valence-corrected chi connectivity index (χ4v) is 6.62. The lowest BCUT2D eigenvalue weighted by atomic mass is 10.2. The molecule has 2 heterocycles. The highest BCUT2D eigenvalue weighted by molar-refractivity contribution is 7.88. The van der Waals surface area contributed by atoms with E-state index in [4.69, 9.17) is 21.4 Å². The molecule has 0 atom stereocenters. The van der Waals surface area contributed by atoms with Gasteiger partial charge in [-0.3, -0.25) is 4.79 Å². The van der Waals surface area contributed by atoms with E-state index in [9.17, 15) is 13.2 Å². The summed E-state index contributed by atoms with van der Waals surface area (Å²) in [4.78, 5) is 15.6. The molecule has 226 valence electrons. The minimum Gasteiger partial charge on any atom is -0.486 e. The molecule has 1 aromatic heterocycles. The Balaban J connectivity index is 1.28. The molecule has 3 aromatic rings. The van der Waals surface area contributed by atoms with E-state index >= 15 is 0 Å². The molecular formula is C30H38ClN5O5S. The maximum Gasteiger partial charge on any atom is 0.316 e. The minimum atomic E-state index is -3.55. The van der Waals surface area contributed by atoms with Crippen LogP contribution in [0.15, 0.2) is 59.5 Å². The van der Waals surface area contributed by atoms with Crippen LogP contribution in [0, 0.1) is 5.41 Å². The van der Waals surface area contributed by atoms with Gasteiger partial charge in [0.15, 0.2) is 0 Å². The first-order chi connectivity index (χ1) is 20.2. The zero-order valence-corrected chi connectivity index (χ0v) is 25.4. The van der Waals surface area contributed by atoms with Crippen molar-refractivity contribution >= 4 is 33.0 Å². The van der Waals surface area contributed by atoms with Crippen LogP contribution < -0.4 is 20.5 Å². The standard InChI is InChI=1S/C30H38ClN5O5S/c1-30(10-11-30)22-41-28-27(20-33-36(29(28)38)26-9-5-7-24(31)19-26)34-13-15-35(16-14-34)42(39,40)21-23-6-4-8-25(18-23)32-12-2-3-17-37/h4-9,18-20,32,37H,2-3,10-17,21-22H2,1H3. The predicted octanol–water partition coefficient (Wildman–Crippen LogP) is 3.90. The van der Waals surface area contributed by atoms with Crippen LogP contribution in [0.3, 0.4) is 0 Å². The van der Waals surface area contributed by atoms with E-state index in [2.05, 4.69) is 17.3 Å². The molecule has 2 fully saturated rings. The quantitative estimate of drug-likeness (QED) is 0.278. The van der Waals surface area contributed by atoms with Crippen LogP contribution in [0.4, 0.5) is 11.4 Å². The molecule has 2 aromatic carbocycles. The highest BCUT2D eigenvalue weighted by Crippen LogP contribution is 2.45. The van der Waals surface area contributed by atoms with Gasteiger partial charge in [0.1, 0.15) is 5.69 Å². The Labute approximate surface area is 251 Å². The van der Waals surface area contributed by atoms with Gasteiger partial charge in [-0.05, 0) is 61.6 Å². The highest BCUT2D eigenvalue weighted by atomic mass is 35.5. The van der Waals surface area contributed by atoms with E-state index in [-0.39, 0.29) is 42.2 Å². The van der Waals surface area contributed by atoms with Crippen molar-refractivity contribution in [2.75, 3.05) is 56.2 Å². The fourth-order valence-electron chi connectivity index (χ4n) is 4.94. The highest BCUT2D eigenvalue weighted by Gasteiger charge is 2.39. The van der Waals surface area contributed by atoms with Gasteiger partial charge in [0.25, 0.3) is 0 Å². The van der Waals surface area contributed by atoms with E-state index in [1.807, 2.05) is 29.2 Å². The van der Waals surface area contributed by atoms with Crippen molar-refractivity contribution in [1.29, 1.82) is 0 Å². The number of aromatic nitrogens is 2. The Hall–Kier alpha value is -3.12. The Kier molecular flexibility index (Phi) is 9.41. The molecule has 5 rings (SSSR count). The molecule has 1 saturated carbocycles. The second-order valence-corrected chi connectivity index (χ2v) is 13.8. The second kappa shape index (κ2) is 13.0. The summed E-state index contributed by atoms with van der Waals surface area (Å²) in [6.45, 7) is 4.81. The lowest BCUT2D eigenvalue weighted by Crippen LogP contribution is -2.49. The smallest absolute Gasteiger partial charge is 0.316 e. The second-order valence-electron chi connectivity index (χ2n) is 11.4. The molecule has 0 radical (unpaired) electrons. The van der Waals surface area contributed by atoms with E-state index in [1.165, 1.54) is 8.99 Å². The molecule has 2 aliphatic rings. The molecule has 0 bridgehead atoms. The average Bonchev–Trinajstić information content (AvgIpc) is 3.71. The van der Waals surface area contributed by atoms with Gasteiger partial charge >= 0.3 is 5.56 Å². The molecule has 42 heavy (non-hydrogen) atoms. The molecule has 2 N–H and O–H groups in total. The molecule has 12 heteroatoms. The third-order valence-electron chi connectivity index (χ3n) is 7.80. The van der Waals surface area contributed by atoms with Gasteiger partial charge in [0, 0.05) is 55.5 Å². The van der Waals surface area contributed by atoms with Crippen LogP contribution in [0.5, 0.6) is 5.75 Å². The Bertz CT molecular complexity index is 1550. The number of aliphatic hydroxyl groups is 1. The third kappa shape index (κ3) is 7.44. The number of anilines is 2. The van der Waals surface area contributed by atoms with Gasteiger partial charge in [0.2, 0.25) is 15.8 Å². The number of sulfonamides is 1. The van der Waals surface area contributed by atoms with Gasteiger partial charge in [-0.1, -0.05) is 36.7 Å². The molecule has 10 nitrogen and oxygen atoms in total. The van der Waals surface area contributed by atoms with Crippen molar-refractivity contribution in [3.05, 3.63) is 75.7 Å². The number of hydrogen-bond donors (Lipinski definition) is 2. The van der Waals surface area contributed by atoms with E-state index in [0.29, 0.717) is 48.2 Å². The zero-order chi connectivity index (χ0) is 29.7. The lowest BCUT2D eigenvalue weighted by molar-refractivity contribution is 0.242. The fraction of sp³-hybridized carbons (Fsp3) is 0.467. The summed E-state index contributed by atoms with van der Waals surface area (Å²) < 4.78 is 35.6. The molecule has 1 aliphatic carbocycles. The van der Waals surface area contributed by atoms with E-state index in [1.54, 1.807) is 30.5 Å². The molecule has 0 unspecified atom stereocenters. The van der Waals surface area contributed by atoms with Crippen molar-refractivity contribution < 1.29 is 18.3 Å². The summed E-state index contributed by atoms with van der Waals surface area (Å²) in [6.07, 6.45) is 5.28. The number of ether oxygens (including phenoxy) is 1. The van der Waals surface area contributed by atoms with Crippen LogP contribution in [0.25, 0.3) is 5.69 Å². The van der Waals surface area contributed by atoms with Gasteiger partial charge in [-0.2, -0.15) is 14.1 Å². The summed E-state index contributed by atoms with van der Waals surface area (Å²) in [6, 6.07) is 14.4. The molecule has 0 amide bonds. The monoisotopic (exact) mass is 615 g/mol. The third-order valence-corrected chi connectivity index (χ3v) is 9.88. The lowest BCUT2D eigenvalue weighted by Gasteiger charge is -2.35. The number of aliphatic hydroxyl groups excluding tert-OH is 1. The number of nitrogens with one attached hydrogen (secondary N) is 1. The predicted molar refractivity (Wildman–Crippen MR) is 165 cm³/mol. The van der Waals surface area contributed by atoms with Crippen molar-refractivity contribution in [2.24, 2.45) is 5.41 Å². The van der Waals surface area contributed by atoms with E-state index in [0.717, 1.165) is 31.4 Å². The Morgan fingerprint density at radius 3 is 2.55 bits per heavy atom. The minimum absolute atomic E-state index is 0.0624. The summed E-state index contributed by atoms with van der Waals surface area (Å²) in [5, 5.41) is 17.2. The number of halogens is 1. The number of nitrogens with zero attached hydrogens (tertiary/aromatic N) is 4. The number of hydrogen-bond acceptors (Lipinski definition) is 8. The van der Waals surface area contributed by atoms with Crippen LogP contribution in [-0.4, -0.2) is 73.5 Å². The van der Waals surface area contributed by atoms with Gasteiger partial charge in [-0.25, -0.2) is 8.42 Å². The normalized spacial score (nSPS) is 16.8. The number of piperazine rings is 1. The first-order valence-electron chi connectivity index (χ1n) is 14.3. The van der Waals surface area contributed by atoms with Crippen LogP contribution in [-0.2, 0) is 15.8 Å². The number of unbranched alkanes of at least 4 members (excludes halogenated alkanes) is 1. The molecule has 1 saturated heterocycles. The van der Waals surface area contributed by atoms with Crippen molar-refractivity contribution in [3.63, 3.8) is 0 Å². The summed E-state index contributed by atoms with van der Waals surface area (Å²) in [7, 11) is -3.55. The number of benzene rings is 2. The van der Waals surface area contributed by atoms with Gasteiger partial charge in [-0.15, -0.1) is 0 Å². The van der Waals surface area contributed by atoms with Gasteiger partial charge < -0.3 is 20.1 Å². The maximum absolute atomic E-state index is 13.6. The van der Waals surface area contributed by atoms with Crippen LogP contribution in [0.2, 0.25) is 5.02 Å². The summed E-state index contributed by atoms with van der Waals surface area (Å²) >= 11 is 6.16.